The summed E-state index contributed by atoms with van der Waals surface area (Å²) in [4.78, 5) is 29.0. The van der Waals surface area contributed by atoms with Gasteiger partial charge < -0.3 is 29.1 Å². The van der Waals surface area contributed by atoms with Crippen molar-refractivity contribution in [3.8, 4) is 17.2 Å². The average molecular weight is 404 g/mol. The molecule has 2 heterocycles. The molecule has 3 rings (SSSR count). The molecule has 1 saturated heterocycles. The molecule has 1 amide bonds. The summed E-state index contributed by atoms with van der Waals surface area (Å²) >= 11 is 0. The molecule has 29 heavy (non-hydrogen) atoms. The maximum atomic E-state index is 12.8. The van der Waals surface area contributed by atoms with Crippen LogP contribution in [0.3, 0.4) is 0 Å². The summed E-state index contributed by atoms with van der Waals surface area (Å²) in [7, 11) is 4.52. The van der Waals surface area contributed by atoms with Gasteiger partial charge in [0, 0.05) is 13.1 Å². The topological polar surface area (TPSA) is 88.5 Å². The number of aliphatic hydroxyl groups is 1. The number of aliphatic hydroxyl groups excluding tert-OH is 1. The molecule has 158 valence electrons. The van der Waals surface area contributed by atoms with Crippen molar-refractivity contribution in [3.63, 3.8) is 0 Å². The van der Waals surface area contributed by atoms with E-state index in [4.69, 9.17) is 14.2 Å². The first-order valence-electron chi connectivity index (χ1n) is 9.70. The van der Waals surface area contributed by atoms with Gasteiger partial charge >= 0.3 is 0 Å². The lowest BCUT2D eigenvalue weighted by molar-refractivity contribution is -0.129. The Morgan fingerprint density at radius 1 is 1.07 bits per heavy atom. The molecule has 0 spiro atoms. The predicted molar refractivity (Wildman–Crippen MR) is 107 cm³/mol. The Morgan fingerprint density at radius 3 is 2.14 bits per heavy atom. The van der Waals surface area contributed by atoms with E-state index in [1.54, 1.807) is 17.0 Å². The molecule has 1 fully saturated rings. The second-order valence-electron chi connectivity index (χ2n) is 7.23. The number of methoxy groups -OCH3 is 3. The maximum absolute atomic E-state index is 12.8. The Hall–Kier alpha value is -2.74. The molecule has 8 nitrogen and oxygen atoms in total. The van der Waals surface area contributed by atoms with Crippen molar-refractivity contribution in [1.82, 2.24) is 9.80 Å². The van der Waals surface area contributed by atoms with E-state index < -0.39 is 17.7 Å². The molecule has 2 aliphatic rings. The summed E-state index contributed by atoms with van der Waals surface area (Å²) in [6.45, 7) is 4.44. The van der Waals surface area contributed by atoms with E-state index in [0.717, 1.165) is 25.9 Å². The van der Waals surface area contributed by atoms with Crippen molar-refractivity contribution in [1.29, 1.82) is 0 Å². The van der Waals surface area contributed by atoms with Crippen molar-refractivity contribution in [2.24, 2.45) is 0 Å². The number of Topliss-reactive ketones (excluding diaryl/α,β-unsaturated/α-hetero) is 1. The number of ketones is 1. The number of hydrogen-bond donors (Lipinski definition) is 1. The highest BCUT2D eigenvalue weighted by molar-refractivity contribution is 6.08. The van der Waals surface area contributed by atoms with Crippen molar-refractivity contribution in [2.75, 3.05) is 47.5 Å². The van der Waals surface area contributed by atoms with Gasteiger partial charge in [0.15, 0.2) is 23.0 Å². The summed E-state index contributed by atoms with van der Waals surface area (Å²) in [5.41, 5.74) is 0.703. The molecule has 8 heteroatoms. The zero-order valence-electron chi connectivity index (χ0n) is 17.4. The summed E-state index contributed by atoms with van der Waals surface area (Å²) in [6.07, 6.45) is 2.29. The van der Waals surface area contributed by atoms with Gasteiger partial charge in [0.2, 0.25) is 5.75 Å². The summed E-state index contributed by atoms with van der Waals surface area (Å²) in [5, 5.41) is 10.4. The van der Waals surface area contributed by atoms with Gasteiger partial charge in [-0.2, -0.15) is 0 Å². The smallest absolute Gasteiger partial charge is 0.290 e. The van der Waals surface area contributed by atoms with Crippen LogP contribution in [0.5, 0.6) is 17.2 Å². The predicted octanol–water partition coefficient (Wildman–Crippen LogP) is 2.09. The van der Waals surface area contributed by atoms with Crippen LogP contribution in [0.25, 0.3) is 0 Å². The minimum Gasteiger partial charge on any atom is -0.503 e. The van der Waals surface area contributed by atoms with Crippen molar-refractivity contribution in [2.45, 2.75) is 25.8 Å². The highest BCUT2D eigenvalue weighted by Gasteiger charge is 2.43. The molecule has 0 saturated carbocycles. The molecule has 1 atom stereocenters. The number of nitrogens with zero attached hydrogens (tertiary/aromatic N) is 2. The fourth-order valence-electron chi connectivity index (χ4n) is 4.10. The number of rotatable bonds is 8. The van der Waals surface area contributed by atoms with Gasteiger partial charge in [-0.05, 0) is 50.6 Å². The second-order valence-corrected chi connectivity index (χ2v) is 7.23. The standard InChI is InChI=1S/C21H28N2O6/c1-13(24)17-18(14-11-15(27-2)20(29-4)16(12-14)28-3)23(21(26)19(17)25)10-9-22-7-5-6-8-22/h11-12,18,25H,5-10H2,1-4H3. The first kappa shape index (κ1) is 21.0. The van der Waals surface area contributed by atoms with Crippen LogP contribution in [0, 0.1) is 0 Å². The van der Waals surface area contributed by atoms with Crippen LogP contribution in [-0.2, 0) is 9.59 Å². The average Bonchev–Trinajstić information content (AvgIpc) is 3.32. The van der Waals surface area contributed by atoms with E-state index >= 15 is 0 Å². The first-order chi connectivity index (χ1) is 13.9. The number of hydrogen-bond acceptors (Lipinski definition) is 7. The van der Waals surface area contributed by atoms with Gasteiger partial charge in [0.1, 0.15) is 0 Å². The third-order valence-corrected chi connectivity index (χ3v) is 5.54. The van der Waals surface area contributed by atoms with E-state index in [0.29, 0.717) is 35.9 Å². The van der Waals surface area contributed by atoms with Gasteiger partial charge in [-0.15, -0.1) is 0 Å². The van der Waals surface area contributed by atoms with Gasteiger partial charge in [0.05, 0.1) is 32.9 Å². The van der Waals surface area contributed by atoms with Crippen LogP contribution in [-0.4, -0.2) is 74.1 Å². The minimum atomic E-state index is -0.712. The Labute approximate surface area is 170 Å². The molecule has 1 aromatic rings. The van der Waals surface area contributed by atoms with Gasteiger partial charge in [-0.3, -0.25) is 9.59 Å². The number of benzene rings is 1. The molecule has 0 radical (unpaired) electrons. The minimum absolute atomic E-state index is 0.0886. The second kappa shape index (κ2) is 8.73. The molecule has 0 aliphatic carbocycles. The van der Waals surface area contributed by atoms with Crippen LogP contribution >= 0.6 is 0 Å². The molecule has 0 aromatic heterocycles. The normalized spacial score (nSPS) is 19.8. The molecular weight excluding hydrogens is 376 g/mol. The number of carbonyl (C=O) groups excluding carboxylic acids is 2. The molecule has 1 aromatic carbocycles. The van der Waals surface area contributed by atoms with Gasteiger partial charge in [0.25, 0.3) is 5.91 Å². The zero-order valence-corrected chi connectivity index (χ0v) is 17.4. The van der Waals surface area contributed by atoms with Crippen molar-refractivity contribution in [3.05, 3.63) is 29.0 Å². The lowest BCUT2D eigenvalue weighted by atomic mass is 9.96. The summed E-state index contributed by atoms with van der Waals surface area (Å²) in [6, 6.07) is 2.71. The maximum Gasteiger partial charge on any atom is 0.290 e. The number of carbonyl (C=O) groups is 2. The SMILES string of the molecule is COc1cc(C2C(C(C)=O)=C(O)C(=O)N2CCN2CCCC2)cc(OC)c1OC. The number of likely N-dealkylation sites (tertiary alicyclic amines) is 1. The summed E-state index contributed by atoms with van der Waals surface area (Å²) < 4.78 is 16.2. The molecule has 0 bridgehead atoms. The van der Waals surface area contributed by atoms with Crippen LogP contribution in [0.2, 0.25) is 0 Å². The Morgan fingerprint density at radius 2 is 1.66 bits per heavy atom. The van der Waals surface area contributed by atoms with Gasteiger partial charge in [-0.25, -0.2) is 0 Å². The van der Waals surface area contributed by atoms with E-state index in [1.165, 1.54) is 28.3 Å². The van der Waals surface area contributed by atoms with Crippen LogP contribution in [0.4, 0.5) is 0 Å². The van der Waals surface area contributed by atoms with Crippen LogP contribution in [0.15, 0.2) is 23.5 Å². The largest absolute Gasteiger partial charge is 0.503 e. The van der Waals surface area contributed by atoms with Crippen molar-refractivity contribution < 1.29 is 28.9 Å². The molecule has 1 unspecified atom stereocenters. The van der Waals surface area contributed by atoms with Gasteiger partial charge in [-0.1, -0.05) is 0 Å². The number of amides is 1. The molecule has 1 N–H and O–H groups in total. The Bertz CT molecular complexity index is 803. The third kappa shape index (κ3) is 3.89. The van der Waals surface area contributed by atoms with E-state index in [-0.39, 0.29) is 11.4 Å². The fourth-order valence-corrected chi connectivity index (χ4v) is 4.10. The fraction of sp³-hybridized carbons (Fsp3) is 0.524. The summed E-state index contributed by atoms with van der Waals surface area (Å²) in [5.74, 6) is -0.112. The first-order valence-corrected chi connectivity index (χ1v) is 9.70. The monoisotopic (exact) mass is 404 g/mol. The molecular formula is C21H28N2O6. The van der Waals surface area contributed by atoms with Crippen LogP contribution in [0.1, 0.15) is 31.4 Å². The lowest BCUT2D eigenvalue weighted by Gasteiger charge is -2.29. The lowest BCUT2D eigenvalue weighted by Crippen LogP contribution is -2.37. The quantitative estimate of drug-likeness (QED) is 0.710. The van der Waals surface area contributed by atoms with E-state index in [1.807, 2.05) is 0 Å². The Kier molecular flexibility index (Phi) is 6.32. The van der Waals surface area contributed by atoms with E-state index in [9.17, 15) is 14.7 Å². The van der Waals surface area contributed by atoms with Crippen LogP contribution < -0.4 is 14.2 Å². The highest BCUT2D eigenvalue weighted by Crippen LogP contribution is 2.44. The molecule has 2 aliphatic heterocycles. The van der Waals surface area contributed by atoms with Crippen molar-refractivity contribution >= 4 is 11.7 Å². The Balaban J connectivity index is 2.03. The van der Waals surface area contributed by atoms with E-state index in [2.05, 4.69) is 4.90 Å². The number of ether oxygens (including phenoxy) is 3. The third-order valence-electron chi connectivity index (χ3n) is 5.54. The highest BCUT2D eigenvalue weighted by atomic mass is 16.5. The zero-order chi connectivity index (χ0) is 21.1.